The van der Waals surface area contributed by atoms with E-state index in [0.29, 0.717) is 12.5 Å². The van der Waals surface area contributed by atoms with Crippen LogP contribution in [0.3, 0.4) is 0 Å². The molecule has 5 heteroatoms. The van der Waals surface area contributed by atoms with Crippen LogP contribution in [-0.4, -0.2) is 47.8 Å². The Morgan fingerprint density at radius 2 is 1.93 bits per heavy atom. The van der Waals surface area contributed by atoms with Gasteiger partial charge < -0.3 is 10.4 Å². The molecule has 3 unspecified atom stereocenters. The van der Waals surface area contributed by atoms with Crippen LogP contribution < -0.4 is 5.32 Å². The Balaban J connectivity index is 1.72. The van der Waals surface area contributed by atoms with Crippen LogP contribution in [0.4, 0.5) is 4.39 Å². The lowest BCUT2D eigenvalue weighted by molar-refractivity contribution is 0.0244. The van der Waals surface area contributed by atoms with Gasteiger partial charge in [-0.2, -0.15) is 0 Å². The fourth-order valence-electron chi connectivity index (χ4n) is 5.26. The molecule has 0 aromatic heterocycles. The van der Waals surface area contributed by atoms with Crippen molar-refractivity contribution in [1.82, 2.24) is 10.2 Å². The van der Waals surface area contributed by atoms with Gasteiger partial charge in [0.15, 0.2) is 0 Å². The molecule has 4 rings (SSSR count). The third kappa shape index (κ3) is 3.48. The number of rotatable bonds is 4. The van der Waals surface area contributed by atoms with E-state index in [1.165, 1.54) is 11.1 Å². The van der Waals surface area contributed by atoms with E-state index < -0.39 is 0 Å². The van der Waals surface area contributed by atoms with E-state index in [0.717, 1.165) is 30.1 Å². The molecule has 1 saturated heterocycles. The quantitative estimate of drug-likeness (QED) is 0.806. The predicted molar refractivity (Wildman–Crippen MR) is 112 cm³/mol. The van der Waals surface area contributed by atoms with E-state index >= 15 is 0 Å². The van der Waals surface area contributed by atoms with Crippen molar-refractivity contribution >= 4 is 11.6 Å². The molecule has 0 spiro atoms. The second kappa shape index (κ2) is 7.75. The molecule has 2 N–H and O–H groups in total. The Labute approximate surface area is 171 Å². The maximum Gasteiger partial charge on any atom is 0.123 e. The summed E-state index contributed by atoms with van der Waals surface area (Å²) in [7, 11) is 0. The van der Waals surface area contributed by atoms with Crippen molar-refractivity contribution in [3.8, 4) is 0 Å². The molecule has 2 aromatic rings. The van der Waals surface area contributed by atoms with E-state index in [1.807, 2.05) is 18.2 Å². The van der Waals surface area contributed by atoms with Crippen molar-refractivity contribution < 1.29 is 9.50 Å². The number of nitrogens with one attached hydrogen (secondary N) is 1. The van der Waals surface area contributed by atoms with E-state index in [9.17, 15) is 9.50 Å². The van der Waals surface area contributed by atoms with Gasteiger partial charge in [0.2, 0.25) is 0 Å². The average molecular weight is 403 g/mol. The summed E-state index contributed by atoms with van der Waals surface area (Å²) in [4.78, 5) is 2.38. The van der Waals surface area contributed by atoms with Gasteiger partial charge in [0, 0.05) is 48.1 Å². The number of nitrogens with zero attached hydrogens (tertiary/aromatic N) is 1. The van der Waals surface area contributed by atoms with Crippen LogP contribution >= 0.6 is 11.6 Å². The van der Waals surface area contributed by atoms with Crippen molar-refractivity contribution in [1.29, 1.82) is 0 Å². The molecular weight excluding hydrogens is 375 g/mol. The van der Waals surface area contributed by atoms with Crippen LogP contribution in [0.5, 0.6) is 0 Å². The first-order valence-corrected chi connectivity index (χ1v) is 10.4. The van der Waals surface area contributed by atoms with E-state index in [-0.39, 0.29) is 29.9 Å². The van der Waals surface area contributed by atoms with Crippen LogP contribution in [0.15, 0.2) is 42.5 Å². The van der Waals surface area contributed by atoms with Crippen LogP contribution in [-0.2, 0) is 0 Å². The van der Waals surface area contributed by atoms with Gasteiger partial charge >= 0.3 is 0 Å². The molecule has 1 heterocycles. The highest BCUT2D eigenvalue weighted by Gasteiger charge is 2.46. The number of aliphatic hydroxyl groups is 1. The maximum atomic E-state index is 13.5. The number of halogens is 2. The van der Waals surface area contributed by atoms with Gasteiger partial charge in [-0.25, -0.2) is 4.39 Å². The zero-order chi connectivity index (χ0) is 19.9. The molecule has 28 heavy (non-hydrogen) atoms. The molecule has 3 nitrogen and oxygen atoms in total. The normalized spacial score (nSPS) is 27.0. The first-order chi connectivity index (χ1) is 13.4. The first kappa shape index (κ1) is 19.8. The predicted octanol–water partition coefficient (Wildman–Crippen LogP) is 4.14. The van der Waals surface area contributed by atoms with Crippen LogP contribution in [0.1, 0.15) is 48.8 Å². The van der Waals surface area contributed by atoms with E-state index in [4.69, 9.17) is 11.6 Å². The second-order valence-electron chi connectivity index (χ2n) is 8.52. The highest BCUT2D eigenvalue weighted by atomic mass is 35.5. The molecule has 3 atom stereocenters. The highest BCUT2D eigenvalue weighted by Crippen LogP contribution is 2.50. The topological polar surface area (TPSA) is 35.5 Å². The number of hydrogen-bond donors (Lipinski definition) is 2. The summed E-state index contributed by atoms with van der Waals surface area (Å²) in [5, 5.41) is 14.0. The monoisotopic (exact) mass is 402 g/mol. The summed E-state index contributed by atoms with van der Waals surface area (Å²) in [6.07, 6.45) is 0.968. The summed E-state index contributed by atoms with van der Waals surface area (Å²) in [6.45, 7) is 7.20. The van der Waals surface area contributed by atoms with E-state index in [2.05, 4.69) is 36.2 Å². The van der Waals surface area contributed by atoms with Crippen molar-refractivity contribution in [2.45, 2.75) is 43.7 Å². The molecule has 0 saturated carbocycles. The van der Waals surface area contributed by atoms with Crippen molar-refractivity contribution in [3.05, 3.63) is 70.0 Å². The molecular formula is C23H28ClFN2O. The van der Waals surface area contributed by atoms with Crippen LogP contribution in [0.25, 0.3) is 0 Å². The van der Waals surface area contributed by atoms with Gasteiger partial charge in [-0.05, 0) is 61.2 Å². The zero-order valence-corrected chi connectivity index (χ0v) is 17.2. The molecule has 1 aliphatic carbocycles. The van der Waals surface area contributed by atoms with E-state index in [1.54, 1.807) is 12.1 Å². The summed E-state index contributed by atoms with van der Waals surface area (Å²) < 4.78 is 13.5. The Morgan fingerprint density at radius 1 is 1.18 bits per heavy atom. The highest BCUT2D eigenvalue weighted by molar-refractivity contribution is 6.30. The van der Waals surface area contributed by atoms with Gasteiger partial charge in [0.25, 0.3) is 0 Å². The minimum atomic E-state index is -0.204. The summed E-state index contributed by atoms with van der Waals surface area (Å²) in [6, 6.07) is 13.3. The summed E-state index contributed by atoms with van der Waals surface area (Å²) in [5.74, 6) is 0.341. The Bertz CT molecular complexity index is 837. The average Bonchev–Trinajstić information content (AvgIpc) is 3.02. The molecule has 0 amide bonds. The Kier molecular flexibility index (Phi) is 5.49. The van der Waals surface area contributed by atoms with Crippen molar-refractivity contribution in [3.63, 3.8) is 0 Å². The second-order valence-corrected chi connectivity index (χ2v) is 8.95. The van der Waals surface area contributed by atoms with Crippen molar-refractivity contribution in [2.24, 2.45) is 0 Å². The Hall–Kier alpha value is -1.46. The maximum absolute atomic E-state index is 13.5. The van der Waals surface area contributed by atoms with Gasteiger partial charge in [-0.15, -0.1) is 0 Å². The molecule has 0 radical (unpaired) electrons. The fraction of sp³-hybridized carbons (Fsp3) is 0.478. The minimum absolute atomic E-state index is 0.0943. The molecule has 150 valence electrons. The largest absolute Gasteiger partial charge is 0.395 e. The van der Waals surface area contributed by atoms with Crippen LogP contribution in [0.2, 0.25) is 5.02 Å². The SMILES string of the molecule is CC1(C)C(C2CC(c3ccc(F)cc3)c3ccc(Cl)cc32)NCCN1CCO. The smallest absolute Gasteiger partial charge is 0.123 e. The lowest BCUT2D eigenvalue weighted by atomic mass is 9.78. The van der Waals surface area contributed by atoms with Gasteiger partial charge in [-0.3, -0.25) is 4.90 Å². The molecule has 1 aliphatic heterocycles. The number of piperazine rings is 1. The van der Waals surface area contributed by atoms with Crippen molar-refractivity contribution in [2.75, 3.05) is 26.2 Å². The molecule has 0 bridgehead atoms. The number of benzene rings is 2. The number of aliphatic hydroxyl groups excluding tert-OH is 1. The molecule has 1 fully saturated rings. The standard InChI is InChI=1S/C23H28ClFN2O/c1-23(2)22(26-9-10-27(23)11-12-28)21-14-19(15-3-6-17(25)7-4-15)18-8-5-16(24)13-20(18)21/h3-8,13,19,21-22,26,28H,9-12,14H2,1-2H3. The van der Waals surface area contributed by atoms with Crippen LogP contribution in [0, 0.1) is 5.82 Å². The van der Waals surface area contributed by atoms with Gasteiger partial charge in [-0.1, -0.05) is 29.8 Å². The third-order valence-electron chi connectivity index (χ3n) is 6.68. The minimum Gasteiger partial charge on any atom is -0.395 e. The number of β-amino-alcohol motifs (C(OH)–C–C–N with tert-alkyl or cyclic N) is 1. The first-order valence-electron chi connectivity index (χ1n) is 10.1. The number of fused-ring (bicyclic) bond motifs is 1. The molecule has 2 aromatic carbocycles. The Morgan fingerprint density at radius 3 is 2.64 bits per heavy atom. The zero-order valence-electron chi connectivity index (χ0n) is 16.5. The molecule has 2 aliphatic rings. The van der Waals surface area contributed by atoms with Gasteiger partial charge in [0.05, 0.1) is 6.61 Å². The lowest BCUT2D eigenvalue weighted by Crippen LogP contribution is -2.66. The summed E-state index contributed by atoms with van der Waals surface area (Å²) in [5.41, 5.74) is 3.63. The number of hydrogen-bond acceptors (Lipinski definition) is 3. The van der Waals surface area contributed by atoms with Gasteiger partial charge in [0.1, 0.15) is 5.82 Å². The summed E-state index contributed by atoms with van der Waals surface area (Å²) >= 11 is 6.38. The lowest BCUT2D eigenvalue weighted by Gasteiger charge is -2.51. The fourth-order valence-corrected chi connectivity index (χ4v) is 5.44. The third-order valence-corrected chi connectivity index (χ3v) is 6.92.